The van der Waals surface area contributed by atoms with Gasteiger partial charge in [-0.05, 0) is 38.9 Å². The SMILES string of the molecule is CC[C@H](NC)C(C)=O.Cc1ccccc1-c1ncccn1. The molecule has 0 saturated heterocycles. The number of benzene rings is 1. The Morgan fingerprint density at radius 2 is 1.81 bits per heavy atom. The summed E-state index contributed by atoms with van der Waals surface area (Å²) in [5, 5.41) is 2.90. The quantitative estimate of drug-likeness (QED) is 0.938. The lowest BCUT2D eigenvalue weighted by Gasteiger charge is -2.07. The number of rotatable bonds is 4. The molecule has 1 atom stereocenters. The predicted molar refractivity (Wildman–Crippen MR) is 86.0 cm³/mol. The number of hydrogen-bond acceptors (Lipinski definition) is 4. The van der Waals surface area contributed by atoms with E-state index in [-0.39, 0.29) is 11.8 Å². The highest BCUT2D eigenvalue weighted by molar-refractivity contribution is 5.81. The van der Waals surface area contributed by atoms with Crippen LogP contribution in [0.25, 0.3) is 11.4 Å². The minimum atomic E-state index is 0.0648. The van der Waals surface area contributed by atoms with E-state index in [0.29, 0.717) is 0 Å². The molecule has 4 nitrogen and oxygen atoms in total. The number of aromatic nitrogens is 2. The van der Waals surface area contributed by atoms with Crippen molar-refractivity contribution in [2.24, 2.45) is 0 Å². The van der Waals surface area contributed by atoms with Crippen LogP contribution >= 0.6 is 0 Å². The predicted octanol–water partition coefficient (Wildman–Crippen LogP) is 3.03. The standard InChI is InChI=1S/C11H10N2.C6H13NO/c1-9-5-2-3-6-10(9)11-12-7-4-8-13-11;1-4-6(7-3)5(2)8/h2-8H,1H3;6-7H,4H2,1-3H3/t;6-/m.0/s1. The van der Waals surface area contributed by atoms with E-state index in [1.54, 1.807) is 26.4 Å². The molecule has 0 saturated carbocycles. The smallest absolute Gasteiger partial charge is 0.159 e. The number of likely N-dealkylation sites (N-methyl/N-ethyl adjacent to an activating group) is 1. The van der Waals surface area contributed by atoms with E-state index < -0.39 is 0 Å². The van der Waals surface area contributed by atoms with Gasteiger partial charge in [0.15, 0.2) is 5.82 Å². The molecule has 0 radical (unpaired) electrons. The Hall–Kier alpha value is -2.07. The lowest BCUT2D eigenvalue weighted by Crippen LogP contribution is -2.31. The molecule has 0 aliphatic rings. The number of carbonyl (C=O) groups is 1. The van der Waals surface area contributed by atoms with Crippen molar-refractivity contribution in [2.45, 2.75) is 33.2 Å². The summed E-state index contributed by atoms with van der Waals surface area (Å²) in [6.45, 7) is 5.65. The van der Waals surface area contributed by atoms with E-state index in [1.807, 2.05) is 31.2 Å². The van der Waals surface area contributed by atoms with Crippen molar-refractivity contribution in [3.05, 3.63) is 48.3 Å². The van der Waals surface area contributed by atoms with E-state index in [1.165, 1.54) is 5.56 Å². The molecule has 2 rings (SSSR count). The molecule has 0 aliphatic heterocycles. The number of hydrogen-bond donors (Lipinski definition) is 1. The van der Waals surface area contributed by atoms with Gasteiger partial charge in [-0.2, -0.15) is 0 Å². The summed E-state index contributed by atoms with van der Waals surface area (Å²) < 4.78 is 0. The van der Waals surface area contributed by atoms with Crippen molar-refractivity contribution in [1.82, 2.24) is 15.3 Å². The third-order valence-electron chi connectivity index (χ3n) is 3.20. The summed E-state index contributed by atoms with van der Waals surface area (Å²) in [4.78, 5) is 18.9. The molecule has 0 amide bonds. The molecule has 0 unspecified atom stereocenters. The normalized spacial score (nSPS) is 11.2. The van der Waals surface area contributed by atoms with E-state index >= 15 is 0 Å². The van der Waals surface area contributed by atoms with Crippen LogP contribution in [-0.2, 0) is 4.79 Å². The fourth-order valence-corrected chi connectivity index (χ4v) is 1.96. The Balaban J connectivity index is 0.000000240. The van der Waals surface area contributed by atoms with Gasteiger partial charge in [0.25, 0.3) is 0 Å². The molecular weight excluding hydrogens is 262 g/mol. The summed E-state index contributed by atoms with van der Waals surface area (Å²) in [6.07, 6.45) is 4.40. The summed E-state index contributed by atoms with van der Waals surface area (Å²) in [5.74, 6) is 1.01. The van der Waals surface area contributed by atoms with Crippen LogP contribution in [0.15, 0.2) is 42.7 Å². The molecule has 4 heteroatoms. The molecule has 1 heterocycles. The van der Waals surface area contributed by atoms with E-state index in [4.69, 9.17) is 0 Å². The zero-order valence-corrected chi connectivity index (χ0v) is 13.1. The topological polar surface area (TPSA) is 54.9 Å². The van der Waals surface area contributed by atoms with Crippen molar-refractivity contribution >= 4 is 5.78 Å². The third-order valence-corrected chi connectivity index (χ3v) is 3.20. The van der Waals surface area contributed by atoms with Crippen LogP contribution in [-0.4, -0.2) is 28.8 Å². The Bertz CT molecular complexity index is 551. The van der Waals surface area contributed by atoms with Crippen molar-refractivity contribution in [1.29, 1.82) is 0 Å². The van der Waals surface area contributed by atoms with E-state index in [2.05, 4.69) is 28.3 Å². The Labute approximate surface area is 126 Å². The first-order valence-corrected chi connectivity index (χ1v) is 7.10. The minimum absolute atomic E-state index is 0.0648. The van der Waals surface area contributed by atoms with Crippen LogP contribution in [0.5, 0.6) is 0 Å². The molecule has 112 valence electrons. The van der Waals surface area contributed by atoms with Crippen molar-refractivity contribution in [3.63, 3.8) is 0 Å². The second-order valence-corrected chi connectivity index (χ2v) is 4.75. The maximum Gasteiger partial charge on any atom is 0.159 e. The zero-order valence-electron chi connectivity index (χ0n) is 13.1. The number of carbonyl (C=O) groups excluding carboxylic acids is 1. The number of Topliss-reactive ketones (excluding diaryl/α,β-unsaturated/α-hetero) is 1. The van der Waals surface area contributed by atoms with E-state index in [9.17, 15) is 4.79 Å². The minimum Gasteiger partial charge on any atom is -0.311 e. The number of nitrogens with one attached hydrogen (secondary N) is 1. The van der Waals surface area contributed by atoms with Crippen LogP contribution < -0.4 is 5.32 Å². The Morgan fingerprint density at radius 1 is 1.19 bits per heavy atom. The molecule has 0 fully saturated rings. The van der Waals surface area contributed by atoms with Gasteiger partial charge in [-0.3, -0.25) is 4.79 Å². The first kappa shape index (κ1) is 17.0. The van der Waals surface area contributed by atoms with Crippen LogP contribution in [0.4, 0.5) is 0 Å². The molecule has 1 aromatic heterocycles. The number of aryl methyl sites for hydroxylation is 1. The van der Waals surface area contributed by atoms with Crippen LogP contribution in [0.3, 0.4) is 0 Å². The Kier molecular flexibility index (Phi) is 7.26. The van der Waals surface area contributed by atoms with Gasteiger partial charge in [0.1, 0.15) is 5.78 Å². The van der Waals surface area contributed by atoms with Gasteiger partial charge in [0.2, 0.25) is 0 Å². The first-order valence-electron chi connectivity index (χ1n) is 7.10. The second kappa shape index (κ2) is 8.97. The molecule has 0 spiro atoms. The van der Waals surface area contributed by atoms with Crippen LogP contribution in [0.2, 0.25) is 0 Å². The average molecular weight is 285 g/mol. The highest BCUT2D eigenvalue weighted by Gasteiger charge is 2.05. The van der Waals surface area contributed by atoms with Gasteiger partial charge in [-0.1, -0.05) is 31.2 Å². The fourth-order valence-electron chi connectivity index (χ4n) is 1.96. The largest absolute Gasteiger partial charge is 0.311 e. The molecule has 0 aliphatic carbocycles. The molecule has 21 heavy (non-hydrogen) atoms. The van der Waals surface area contributed by atoms with Gasteiger partial charge < -0.3 is 5.32 Å². The first-order chi connectivity index (χ1) is 10.1. The fraction of sp³-hybridized carbons (Fsp3) is 0.353. The Morgan fingerprint density at radius 3 is 2.24 bits per heavy atom. The summed E-state index contributed by atoms with van der Waals surface area (Å²) >= 11 is 0. The van der Waals surface area contributed by atoms with Crippen molar-refractivity contribution in [2.75, 3.05) is 7.05 Å². The molecule has 2 aromatic rings. The van der Waals surface area contributed by atoms with E-state index in [0.717, 1.165) is 17.8 Å². The van der Waals surface area contributed by atoms with Gasteiger partial charge in [-0.25, -0.2) is 9.97 Å². The average Bonchev–Trinajstić information content (AvgIpc) is 2.50. The van der Waals surface area contributed by atoms with Gasteiger partial charge in [0, 0.05) is 18.0 Å². The summed E-state index contributed by atoms with van der Waals surface area (Å²) in [7, 11) is 1.80. The maximum absolute atomic E-state index is 10.5. The lowest BCUT2D eigenvalue weighted by atomic mass is 10.1. The number of ketones is 1. The van der Waals surface area contributed by atoms with Crippen molar-refractivity contribution < 1.29 is 4.79 Å². The van der Waals surface area contributed by atoms with Crippen molar-refractivity contribution in [3.8, 4) is 11.4 Å². The lowest BCUT2D eigenvalue weighted by molar-refractivity contribution is -0.118. The molecule has 1 N–H and O–H groups in total. The van der Waals surface area contributed by atoms with Crippen LogP contribution in [0.1, 0.15) is 25.8 Å². The molecule has 1 aromatic carbocycles. The summed E-state index contributed by atoms with van der Waals surface area (Å²) in [6, 6.07) is 9.99. The second-order valence-electron chi connectivity index (χ2n) is 4.75. The van der Waals surface area contributed by atoms with Gasteiger partial charge in [-0.15, -0.1) is 0 Å². The van der Waals surface area contributed by atoms with Gasteiger partial charge in [0.05, 0.1) is 6.04 Å². The zero-order chi connectivity index (χ0) is 15.7. The highest BCUT2D eigenvalue weighted by atomic mass is 16.1. The molecule has 0 bridgehead atoms. The monoisotopic (exact) mass is 285 g/mol. The third kappa shape index (κ3) is 5.44. The maximum atomic E-state index is 10.5. The summed E-state index contributed by atoms with van der Waals surface area (Å²) in [5.41, 5.74) is 2.30. The molecular formula is C17H23N3O. The highest BCUT2D eigenvalue weighted by Crippen LogP contribution is 2.17. The number of nitrogens with zero attached hydrogens (tertiary/aromatic N) is 2. The van der Waals surface area contributed by atoms with Gasteiger partial charge >= 0.3 is 0 Å². The van der Waals surface area contributed by atoms with Crippen LogP contribution in [0, 0.1) is 6.92 Å².